The molecular weight excluding hydrogens is 361 g/mol. The zero-order chi connectivity index (χ0) is 19.6. The molecule has 0 unspecified atom stereocenters. The van der Waals surface area contributed by atoms with Crippen LogP contribution >= 0.6 is 0 Å². The average molecular weight is 382 g/mol. The van der Waals surface area contributed by atoms with Crippen molar-refractivity contribution in [3.8, 4) is 5.82 Å². The number of rotatable bonds is 4. The summed E-state index contributed by atoms with van der Waals surface area (Å²) < 4.78 is 41.3. The molecule has 3 rings (SSSR count). The van der Waals surface area contributed by atoms with Gasteiger partial charge in [-0.3, -0.25) is 4.79 Å². The summed E-state index contributed by atoms with van der Waals surface area (Å²) in [5, 5.41) is 9.78. The van der Waals surface area contributed by atoms with Gasteiger partial charge < -0.3 is 10.6 Å². The fourth-order valence-corrected chi connectivity index (χ4v) is 3.42. The summed E-state index contributed by atoms with van der Waals surface area (Å²) in [5.41, 5.74) is 0.603. The number of nitrogens with one attached hydrogen (secondary N) is 2. The van der Waals surface area contributed by atoms with E-state index in [9.17, 15) is 18.0 Å². The van der Waals surface area contributed by atoms with Crippen LogP contribution in [0.4, 0.5) is 24.8 Å². The zero-order valence-electron chi connectivity index (χ0n) is 15.0. The largest absolute Gasteiger partial charge is 0.392 e. The van der Waals surface area contributed by atoms with E-state index in [1.54, 1.807) is 26.1 Å². The number of hydrogen-bond donors (Lipinski definition) is 2. The van der Waals surface area contributed by atoms with E-state index < -0.39 is 23.9 Å². The van der Waals surface area contributed by atoms with Crippen LogP contribution in [0.5, 0.6) is 0 Å². The number of halogens is 3. The molecule has 27 heavy (non-hydrogen) atoms. The normalized spacial score (nSPS) is 20.3. The van der Waals surface area contributed by atoms with E-state index in [0.29, 0.717) is 30.2 Å². The Balaban J connectivity index is 1.86. The highest BCUT2D eigenvalue weighted by Crippen LogP contribution is 2.42. The molecule has 0 bridgehead atoms. The molecule has 0 saturated heterocycles. The minimum atomic E-state index is -4.38. The summed E-state index contributed by atoms with van der Waals surface area (Å²) >= 11 is 0. The van der Waals surface area contributed by atoms with Crippen molar-refractivity contribution in [1.29, 1.82) is 0 Å². The van der Waals surface area contributed by atoms with E-state index in [4.69, 9.17) is 0 Å². The molecule has 2 aromatic rings. The first-order chi connectivity index (χ1) is 12.8. The van der Waals surface area contributed by atoms with E-state index in [1.165, 1.54) is 11.0 Å². The number of carbonyl (C=O) groups excluding carboxylic acids is 1. The van der Waals surface area contributed by atoms with Gasteiger partial charge in [0.25, 0.3) is 0 Å². The molecule has 2 atom stereocenters. The number of amides is 1. The quantitative estimate of drug-likeness (QED) is 0.847. The molecular formula is C17H21F3N6O. The second kappa shape index (κ2) is 7.53. The van der Waals surface area contributed by atoms with Crippen molar-refractivity contribution in [3.63, 3.8) is 0 Å². The maximum Gasteiger partial charge on any atom is 0.392 e. The molecule has 1 aliphatic rings. The molecule has 1 amide bonds. The van der Waals surface area contributed by atoms with Gasteiger partial charge in [-0.1, -0.05) is 12.8 Å². The van der Waals surface area contributed by atoms with Crippen molar-refractivity contribution in [2.45, 2.75) is 38.8 Å². The summed E-state index contributed by atoms with van der Waals surface area (Å²) in [7, 11) is 1.70. The van der Waals surface area contributed by atoms with Crippen molar-refractivity contribution in [1.82, 2.24) is 19.7 Å². The van der Waals surface area contributed by atoms with E-state index >= 15 is 0 Å². The number of carbonyl (C=O) groups is 1. The Morgan fingerprint density at radius 1 is 1.22 bits per heavy atom. The predicted octanol–water partition coefficient (Wildman–Crippen LogP) is 3.32. The van der Waals surface area contributed by atoms with Gasteiger partial charge in [0.2, 0.25) is 5.91 Å². The third kappa shape index (κ3) is 4.20. The van der Waals surface area contributed by atoms with E-state index in [-0.39, 0.29) is 18.7 Å². The van der Waals surface area contributed by atoms with Gasteiger partial charge in [-0.05, 0) is 19.8 Å². The fourth-order valence-electron chi connectivity index (χ4n) is 3.42. The number of hydrogen-bond acceptors (Lipinski definition) is 5. The summed E-state index contributed by atoms with van der Waals surface area (Å²) in [4.78, 5) is 20.8. The highest BCUT2D eigenvalue weighted by molar-refractivity contribution is 5.92. The molecule has 2 aromatic heterocycles. The first-order valence-corrected chi connectivity index (χ1v) is 8.74. The molecule has 1 fully saturated rings. The van der Waals surface area contributed by atoms with Crippen LogP contribution in [-0.2, 0) is 4.79 Å². The molecule has 10 heteroatoms. The van der Waals surface area contributed by atoms with E-state index in [1.807, 2.05) is 0 Å². The van der Waals surface area contributed by atoms with Crippen LogP contribution in [0, 0.1) is 18.8 Å². The van der Waals surface area contributed by atoms with Gasteiger partial charge in [0.05, 0.1) is 11.6 Å². The van der Waals surface area contributed by atoms with Crippen molar-refractivity contribution < 1.29 is 18.0 Å². The van der Waals surface area contributed by atoms with Gasteiger partial charge in [0, 0.05) is 25.1 Å². The Hall–Kier alpha value is -2.65. The van der Waals surface area contributed by atoms with Crippen LogP contribution in [0.3, 0.4) is 0 Å². The van der Waals surface area contributed by atoms with Crippen LogP contribution in [0.2, 0.25) is 0 Å². The van der Waals surface area contributed by atoms with Gasteiger partial charge in [0.15, 0.2) is 5.82 Å². The lowest BCUT2D eigenvalue weighted by atomic mass is 9.78. The van der Waals surface area contributed by atoms with Gasteiger partial charge in [0.1, 0.15) is 18.0 Å². The standard InChI is InChI=1S/C17H21F3N6O/c1-10-7-15(26(25-10)14-8-13(21-2)22-9-23-14)24-16(27)11-5-3-4-6-12(11)17(18,19)20/h7-9,11-12H,3-6H2,1-2H3,(H,24,27)(H,21,22,23)/t11-,12-/m1/s1. The second-order valence-electron chi connectivity index (χ2n) is 6.62. The maximum absolute atomic E-state index is 13.3. The molecule has 2 N–H and O–H groups in total. The van der Waals surface area contributed by atoms with Gasteiger partial charge in [-0.25, -0.2) is 9.97 Å². The topological polar surface area (TPSA) is 84.7 Å². The monoisotopic (exact) mass is 382 g/mol. The predicted molar refractivity (Wildman–Crippen MR) is 93.6 cm³/mol. The molecule has 0 spiro atoms. The Labute approximate surface area is 154 Å². The van der Waals surface area contributed by atoms with Crippen LogP contribution < -0.4 is 10.6 Å². The highest BCUT2D eigenvalue weighted by atomic mass is 19.4. The lowest BCUT2D eigenvalue weighted by Gasteiger charge is -2.31. The average Bonchev–Trinajstić information content (AvgIpc) is 3.01. The maximum atomic E-state index is 13.3. The first-order valence-electron chi connectivity index (χ1n) is 8.74. The lowest BCUT2D eigenvalue weighted by Crippen LogP contribution is -2.40. The Morgan fingerprint density at radius 2 is 1.96 bits per heavy atom. The number of alkyl halides is 3. The number of anilines is 2. The molecule has 0 aliphatic heterocycles. The highest BCUT2D eigenvalue weighted by Gasteiger charge is 2.48. The third-order valence-corrected chi connectivity index (χ3v) is 4.73. The number of aromatic nitrogens is 4. The molecule has 1 saturated carbocycles. The second-order valence-corrected chi connectivity index (χ2v) is 6.62. The van der Waals surface area contributed by atoms with Gasteiger partial charge >= 0.3 is 6.18 Å². The Bertz CT molecular complexity index is 819. The molecule has 7 nitrogen and oxygen atoms in total. The van der Waals surface area contributed by atoms with Crippen molar-refractivity contribution in [2.75, 3.05) is 17.7 Å². The van der Waals surface area contributed by atoms with Crippen molar-refractivity contribution >= 4 is 17.5 Å². The zero-order valence-corrected chi connectivity index (χ0v) is 15.0. The first kappa shape index (κ1) is 19.1. The summed E-state index contributed by atoms with van der Waals surface area (Å²) in [6.45, 7) is 1.73. The number of nitrogens with zero attached hydrogens (tertiary/aromatic N) is 4. The lowest BCUT2D eigenvalue weighted by molar-refractivity contribution is -0.197. The van der Waals surface area contributed by atoms with Crippen LogP contribution in [0.15, 0.2) is 18.5 Å². The van der Waals surface area contributed by atoms with Crippen LogP contribution in [0.1, 0.15) is 31.4 Å². The summed E-state index contributed by atoms with van der Waals surface area (Å²) in [6.07, 6.45) is -1.74. The minimum Gasteiger partial charge on any atom is -0.373 e. The fraction of sp³-hybridized carbons (Fsp3) is 0.529. The SMILES string of the molecule is CNc1cc(-n2nc(C)cc2NC(=O)[C@@H]2CCCC[C@H]2C(F)(F)F)ncn1. The van der Waals surface area contributed by atoms with Gasteiger partial charge in [-0.2, -0.15) is 23.0 Å². The minimum absolute atomic E-state index is 0.0166. The van der Waals surface area contributed by atoms with Crippen molar-refractivity contribution in [2.24, 2.45) is 11.8 Å². The summed E-state index contributed by atoms with van der Waals surface area (Å²) in [5.74, 6) is -2.12. The third-order valence-electron chi connectivity index (χ3n) is 4.73. The van der Waals surface area contributed by atoms with Crippen LogP contribution in [-0.4, -0.2) is 38.9 Å². The van der Waals surface area contributed by atoms with Crippen LogP contribution in [0.25, 0.3) is 5.82 Å². The molecule has 0 aromatic carbocycles. The Kier molecular flexibility index (Phi) is 5.33. The molecule has 146 valence electrons. The Morgan fingerprint density at radius 3 is 2.67 bits per heavy atom. The van der Waals surface area contributed by atoms with Gasteiger partial charge in [-0.15, -0.1) is 0 Å². The molecule has 2 heterocycles. The van der Waals surface area contributed by atoms with E-state index in [2.05, 4.69) is 25.7 Å². The number of aryl methyl sites for hydroxylation is 1. The summed E-state index contributed by atoms with van der Waals surface area (Å²) in [6, 6.07) is 3.23. The molecule has 1 aliphatic carbocycles. The van der Waals surface area contributed by atoms with E-state index in [0.717, 1.165) is 0 Å². The molecule has 0 radical (unpaired) electrons. The smallest absolute Gasteiger partial charge is 0.373 e. The van der Waals surface area contributed by atoms with Crippen molar-refractivity contribution in [3.05, 3.63) is 24.2 Å².